The molecule has 4 N–H and O–H groups in total. The summed E-state index contributed by atoms with van der Waals surface area (Å²) in [4.78, 5) is 4.44. The number of hydrogen-bond donors (Lipinski definition) is 2. The molecule has 44 valence electrons. The minimum Gasteiger partial charge on any atom is -0.393 e. The molecule has 0 aliphatic carbocycles. The molecule has 3 nitrogen and oxygen atoms in total. The van der Waals surface area contributed by atoms with Crippen molar-refractivity contribution in [1.29, 1.82) is 0 Å². The van der Waals surface area contributed by atoms with Crippen LogP contribution in [0.15, 0.2) is 0 Å². The van der Waals surface area contributed by atoms with Gasteiger partial charge in [0.2, 0.25) is 0 Å². The molecule has 0 aromatic heterocycles. The maximum atomic E-state index is 8.58. The SMILES string of the molecule is CC(O)CCO[NH3+]. The van der Waals surface area contributed by atoms with Crippen LogP contribution in [0.5, 0.6) is 0 Å². The van der Waals surface area contributed by atoms with Gasteiger partial charge in [-0.05, 0) is 6.92 Å². The standard InChI is InChI=1S/C4H12NO2/c1-4(6)2-3-7-5/h4,6H,2-3H2,1,5H3/q+1. The van der Waals surface area contributed by atoms with E-state index in [1.807, 2.05) is 0 Å². The first kappa shape index (κ1) is 6.88. The molecule has 0 aliphatic rings. The lowest BCUT2D eigenvalue weighted by Gasteiger charge is -1.96. The molecule has 0 heterocycles. The van der Waals surface area contributed by atoms with Crippen LogP contribution in [0.1, 0.15) is 13.3 Å². The molecule has 0 aromatic carbocycles. The van der Waals surface area contributed by atoms with Crippen LogP contribution in [0.25, 0.3) is 0 Å². The third-order valence-electron chi connectivity index (χ3n) is 0.680. The van der Waals surface area contributed by atoms with Gasteiger partial charge in [-0.25, -0.2) is 10.7 Å². The molecule has 0 rings (SSSR count). The quantitative estimate of drug-likeness (QED) is 0.450. The van der Waals surface area contributed by atoms with Crippen LogP contribution in [-0.4, -0.2) is 17.8 Å². The van der Waals surface area contributed by atoms with E-state index >= 15 is 0 Å². The Morgan fingerprint density at radius 3 is 2.57 bits per heavy atom. The van der Waals surface area contributed by atoms with Gasteiger partial charge in [0.25, 0.3) is 0 Å². The number of aliphatic hydroxyl groups excluding tert-OH is 1. The average Bonchev–Trinajstić information content (AvgIpc) is 1.61. The van der Waals surface area contributed by atoms with Gasteiger partial charge in [0, 0.05) is 6.42 Å². The first-order chi connectivity index (χ1) is 3.27. The molecule has 7 heavy (non-hydrogen) atoms. The predicted molar refractivity (Wildman–Crippen MR) is 25.1 cm³/mol. The minimum atomic E-state index is -0.262. The molecule has 0 radical (unpaired) electrons. The van der Waals surface area contributed by atoms with Gasteiger partial charge in [-0.2, -0.15) is 0 Å². The Morgan fingerprint density at radius 2 is 2.43 bits per heavy atom. The Labute approximate surface area is 43.0 Å². The smallest absolute Gasteiger partial charge is 0.108 e. The monoisotopic (exact) mass is 106 g/mol. The van der Waals surface area contributed by atoms with E-state index in [2.05, 4.69) is 10.7 Å². The molecular formula is C4H12NO2+. The molecule has 0 aliphatic heterocycles. The van der Waals surface area contributed by atoms with E-state index in [1.54, 1.807) is 6.92 Å². The molecule has 0 aromatic rings. The largest absolute Gasteiger partial charge is 0.393 e. The highest BCUT2D eigenvalue weighted by molar-refractivity contribution is 4.41. The average molecular weight is 106 g/mol. The van der Waals surface area contributed by atoms with Gasteiger partial charge in [-0.3, -0.25) is 0 Å². The highest BCUT2D eigenvalue weighted by Crippen LogP contribution is 1.85. The summed E-state index contributed by atoms with van der Waals surface area (Å²) >= 11 is 0. The van der Waals surface area contributed by atoms with Crippen molar-refractivity contribution < 1.29 is 15.8 Å². The molecule has 1 atom stereocenters. The fourth-order valence-corrected chi connectivity index (χ4v) is 0.254. The molecule has 0 bridgehead atoms. The lowest BCUT2D eigenvalue weighted by molar-refractivity contribution is -0.689. The maximum absolute atomic E-state index is 8.58. The van der Waals surface area contributed by atoms with Crippen LogP contribution in [0.3, 0.4) is 0 Å². The van der Waals surface area contributed by atoms with Crippen LogP contribution < -0.4 is 5.90 Å². The molecule has 0 saturated heterocycles. The van der Waals surface area contributed by atoms with Crippen molar-refractivity contribution in [1.82, 2.24) is 0 Å². The molecule has 1 unspecified atom stereocenters. The maximum Gasteiger partial charge on any atom is 0.108 e. The van der Waals surface area contributed by atoms with Crippen LogP contribution in [-0.2, 0) is 4.84 Å². The van der Waals surface area contributed by atoms with Crippen molar-refractivity contribution in [3.05, 3.63) is 0 Å². The lowest BCUT2D eigenvalue weighted by Crippen LogP contribution is -2.49. The van der Waals surface area contributed by atoms with Crippen LogP contribution in [0.4, 0.5) is 0 Å². The van der Waals surface area contributed by atoms with Gasteiger partial charge in [0.15, 0.2) is 0 Å². The van der Waals surface area contributed by atoms with E-state index in [-0.39, 0.29) is 6.10 Å². The van der Waals surface area contributed by atoms with Crippen molar-refractivity contribution in [2.75, 3.05) is 6.61 Å². The van der Waals surface area contributed by atoms with Gasteiger partial charge >= 0.3 is 0 Å². The molecular weight excluding hydrogens is 94.0 g/mol. The first-order valence-corrected chi connectivity index (χ1v) is 2.32. The Hall–Kier alpha value is -0.120. The predicted octanol–water partition coefficient (Wildman–Crippen LogP) is -1.07. The van der Waals surface area contributed by atoms with Crippen LogP contribution in [0, 0.1) is 0 Å². The summed E-state index contributed by atoms with van der Waals surface area (Å²) in [5, 5.41) is 8.58. The van der Waals surface area contributed by atoms with Gasteiger partial charge in [-0.15, -0.1) is 0 Å². The van der Waals surface area contributed by atoms with Crippen molar-refractivity contribution in [3.63, 3.8) is 0 Å². The normalized spacial score (nSPS) is 14.1. The summed E-state index contributed by atoms with van der Waals surface area (Å²) in [6.07, 6.45) is 0.408. The van der Waals surface area contributed by atoms with E-state index < -0.39 is 0 Å². The van der Waals surface area contributed by atoms with Crippen LogP contribution >= 0.6 is 0 Å². The van der Waals surface area contributed by atoms with E-state index in [0.717, 1.165) is 0 Å². The molecule has 0 amide bonds. The van der Waals surface area contributed by atoms with E-state index in [1.165, 1.54) is 0 Å². The number of aliphatic hydroxyl groups is 1. The van der Waals surface area contributed by atoms with E-state index in [4.69, 9.17) is 5.11 Å². The van der Waals surface area contributed by atoms with E-state index in [0.29, 0.717) is 13.0 Å². The highest BCUT2D eigenvalue weighted by Gasteiger charge is 1.92. The third kappa shape index (κ3) is 5.88. The zero-order valence-corrected chi connectivity index (χ0v) is 4.55. The van der Waals surface area contributed by atoms with Crippen molar-refractivity contribution >= 4 is 0 Å². The number of quaternary nitrogens is 1. The summed E-state index contributed by atoms with van der Waals surface area (Å²) < 4.78 is 0. The zero-order valence-electron chi connectivity index (χ0n) is 4.55. The van der Waals surface area contributed by atoms with Gasteiger partial charge in [0.05, 0.1) is 6.10 Å². The van der Waals surface area contributed by atoms with Gasteiger partial charge < -0.3 is 5.11 Å². The molecule has 3 heteroatoms. The molecule has 0 fully saturated rings. The Balaban J connectivity index is 2.68. The highest BCUT2D eigenvalue weighted by atomic mass is 16.6. The zero-order chi connectivity index (χ0) is 5.70. The Kier molecular flexibility index (Phi) is 3.98. The summed E-state index contributed by atoms with van der Waals surface area (Å²) in [6, 6.07) is 0. The van der Waals surface area contributed by atoms with Crippen molar-refractivity contribution in [2.45, 2.75) is 19.4 Å². The topological polar surface area (TPSA) is 57.1 Å². The third-order valence-corrected chi connectivity index (χ3v) is 0.680. The summed E-state index contributed by atoms with van der Waals surface area (Å²) in [5.41, 5.74) is 0. The second-order valence-corrected chi connectivity index (χ2v) is 1.55. The molecule has 0 spiro atoms. The fourth-order valence-electron chi connectivity index (χ4n) is 0.254. The second-order valence-electron chi connectivity index (χ2n) is 1.55. The van der Waals surface area contributed by atoms with Gasteiger partial charge in [-0.1, -0.05) is 0 Å². The fraction of sp³-hybridized carbons (Fsp3) is 1.00. The second kappa shape index (κ2) is 4.05. The van der Waals surface area contributed by atoms with E-state index in [9.17, 15) is 0 Å². The van der Waals surface area contributed by atoms with Crippen LogP contribution in [0.2, 0.25) is 0 Å². The van der Waals surface area contributed by atoms with Crippen molar-refractivity contribution in [3.8, 4) is 0 Å². The Bertz CT molecular complexity index is 38.7. The summed E-state index contributed by atoms with van der Waals surface area (Å²) in [7, 11) is 0. The van der Waals surface area contributed by atoms with Crippen molar-refractivity contribution in [2.24, 2.45) is 0 Å². The molecule has 0 saturated carbocycles. The summed E-state index contributed by atoms with van der Waals surface area (Å²) in [6.45, 7) is 2.26. The first-order valence-electron chi connectivity index (χ1n) is 2.32. The summed E-state index contributed by atoms with van der Waals surface area (Å²) in [5.74, 6) is 3.15. The number of rotatable bonds is 3. The Morgan fingerprint density at radius 1 is 1.86 bits per heavy atom. The minimum absolute atomic E-state index is 0.262. The lowest BCUT2D eigenvalue weighted by atomic mass is 10.3. The van der Waals surface area contributed by atoms with Gasteiger partial charge in [0.1, 0.15) is 6.61 Å². The number of hydrogen-bond acceptors (Lipinski definition) is 2.